The number of nitrogens with one attached hydrogen (secondary N) is 1. The molecule has 0 heterocycles. The van der Waals surface area contributed by atoms with Crippen molar-refractivity contribution < 1.29 is 32.2 Å². The van der Waals surface area contributed by atoms with Crippen molar-refractivity contribution in [2.75, 3.05) is 38.7 Å². The third-order valence-electron chi connectivity index (χ3n) is 6.97. The fourth-order valence-corrected chi connectivity index (χ4v) is 6.05. The molecule has 3 aromatic rings. The Balaban J connectivity index is 2.09. The van der Waals surface area contributed by atoms with E-state index in [0.29, 0.717) is 30.2 Å². The first-order valence-electron chi connectivity index (χ1n) is 14.2. The number of methoxy groups -OCH3 is 3. The van der Waals surface area contributed by atoms with Crippen molar-refractivity contribution in [3.05, 3.63) is 78.4 Å². The topological polar surface area (TPSA) is 114 Å². The highest BCUT2D eigenvalue weighted by Crippen LogP contribution is 2.34. The van der Waals surface area contributed by atoms with E-state index in [4.69, 9.17) is 14.2 Å². The van der Waals surface area contributed by atoms with Crippen LogP contribution in [0.4, 0.5) is 5.69 Å². The van der Waals surface area contributed by atoms with Gasteiger partial charge in [0.05, 0.1) is 31.9 Å². The Hall–Kier alpha value is -4.25. The molecule has 0 bridgehead atoms. The Labute approximate surface area is 254 Å². The van der Waals surface area contributed by atoms with E-state index in [9.17, 15) is 18.0 Å². The van der Waals surface area contributed by atoms with Gasteiger partial charge in [-0.3, -0.25) is 13.9 Å². The van der Waals surface area contributed by atoms with Crippen LogP contribution in [-0.4, -0.2) is 65.6 Å². The van der Waals surface area contributed by atoms with Crippen molar-refractivity contribution in [3.63, 3.8) is 0 Å². The van der Waals surface area contributed by atoms with Gasteiger partial charge in [-0.1, -0.05) is 50.6 Å². The summed E-state index contributed by atoms with van der Waals surface area (Å²) in [6.07, 6.45) is 2.03. The van der Waals surface area contributed by atoms with Crippen molar-refractivity contribution in [2.24, 2.45) is 0 Å². The molecule has 0 fully saturated rings. The van der Waals surface area contributed by atoms with Crippen molar-refractivity contribution in [2.45, 2.75) is 50.6 Å². The molecule has 1 N–H and O–H groups in total. The highest BCUT2D eigenvalue weighted by Gasteiger charge is 2.34. The predicted molar refractivity (Wildman–Crippen MR) is 166 cm³/mol. The number of ether oxygens (including phenoxy) is 3. The Morgan fingerprint density at radius 2 is 1.58 bits per heavy atom. The van der Waals surface area contributed by atoms with Gasteiger partial charge in [0, 0.05) is 19.2 Å². The minimum absolute atomic E-state index is 0.0151. The van der Waals surface area contributed by atoms with Crippen molar-refractivity contribution in [1.29, 1.82) is 0 Å². The van der Waals surface area contributed by atoms with Gasteiger partial charge in [-0.05, 0) is 54.8 Å². The number of sulfonamides is 1. The first-order chi connectivity index (χ1) is 20.7. The Kier molecular flexibility index (Phi) is 12.2. The molecule has 0 aliphatic carbocycles. The second kappa shape index (κ2) is 15.8. The van der Waals surface area contributed by atoms with Gasteiger partial charge >= 0.3 is 0 Å². The number of benzene rings is 3. The average molecular weight is 612 g/mol. The number of nitrogens with zero attached hydrogens (tertiary/aromatic N) is 2. The smallest absolute Gasteiger partial charge is 0.264 e. The maximum absolute atomic E-state index is 14.2. The molecule has 43 heavy (non-hydrogen) atoms. The number of anilines is 1. The van der Waals surface area contributed by atoms with Crippen LogP contribution in [0.2, 0.25) is 0 Å². The molecule has 1 atom stereocenters. The number of carbonyl (C=O) groups excluding carboxylic acids is 2. The molecule has 3 rings (SSSR count). The SMILES string of the molecule is CCCCNC(=O)C(CC)N(Cc1cccc(OC)c1)C(=O)CN(c1ccc(OC)c(OC)c1)S(=O)(=O)c1ccccc1. The van der Waals surface area contributed by atoms with E-state index in [1.807, 2.05) is 19.9 Å². The van der Waals surface area contributed by atoms with Gasteiger partial charge in [0.15, 0.2) is 11.5 Å². The predicted octanol–water partition coefficient (Wildman–Crippen LogP) is 4.63. The maximum atomic E-state index is 14.2. The van der Waals surface area contributed by atoms with E-state index in [2.05, 4.69) is 5.32 Å². The highest BCUT2D eigenvalue weighted by atomic mass is 32.2. The van der Waals surface area contributed by atoms with Crippen molar-refractivity contribution in [1.82, 2.24) is 10.2 Å². The molecule has 10 nitrogen and oxygen atoms in total. The van der Waals surface area contributed by atoms with Crippen molar-refractivity contribution in [3.8, 4) is 17.2 Å². The van der Waals surface area contributed by atoms with Gasteiger partial charge in [-0.2, -0.15) is 0 Å². The number of hydrogen-bond donors (Lipinski definition) is 1. The lowest BCUT2D eigenvalue weighted by Crippen LogP contribution is -2.52. The molecule has 3 aromatic carbocycles. The molecule has 1 unspecified atom stereocenters. The third kappa shape index (κ3) is 8.41. The molecule has 0 saturated carbocycles. The first-order valence-corrected chi connectivity index (χ1v) is 15.6. The van der Waals surface area contributed by atoms with Gasteiger partial charge in [0.2, 0.25) is 11.8 Å². The van der Waals surface area contributed by atoms with Crippen LogP contribution < -0.4 is 23.8 Å². The fraction of sp³-hybridized carbons (Fsp3) is 0.375. The van der Waals surface area contributed by atoms with Gasteiger partial charge in [0.1, 0.15) is 18.3 Å². The standard InChI is InChI=1S/C32H41N3O7S/c1-6-8-19-33-32(37)28(7-2)34(22-24-13-12-14-26(20-24)40-3)31(36)23-35(43(38,39)27-15-10-9-11-16-27)25-17-18-29(41-4)30(21-25)42-5/h9-18,20-21,28H,6-8,19,22-23H2,1-5H3,(H,33,37). The third-order valence-corrected chi connectivity index (χ3v) is 8.76. The summed E-state index contributed by atoms with van der Waals surface area (Å²) in [4.78, 5) is 29.0. The van der Waals surface area contributed by atoms with Crippen LogP contribution in [0.25, 0.3) is 0 Å². The number of amides is 2. The summed E-state index contributed by atoms with van der Waals surface area (Å²) in [5.41, 5.74) is 0.938. The zero-order valence-electron chi connectivity index (χ0n) is 25.4. The van der Waals surface area contributed by atoms with Crippen molar-refractivity contribution >= 4 is 27.5 Å². The molecule has 11 heteroatoms. The van der Waals surface area contributed by atoms with E-state index in [1.165, 1.54) is 37.3 Å². The minimum atomic E-state index is -4.21. The Bertz CT molecular complexity index is 1460. The van der Waals surface area contributed by atoms with Crippen LogP contribution in [0, 0.1) is 0 Å². The average Bonchev–Trinajstić information content (AvgIpc) is 3.03. The van der Waals surface area contributed by atoms with E-state index in [1.54, 1.807) is 55.6 Å². The van der Waals surface area contributed by atoms with Gasteiger partial charge in [-0.25, -0.2) is 8.42 Å². The van der Waals surface area contributed by atoms with Crippen LogP contribution in [0.5, 0.6) is 17.2 Å². The largest absolute Gasteiger partial charge is 0.497 e. The van der Waals surface area contributed by atoms with Gasteiger partial charge < -0.3 is 24.4 Å². The second-order valence-corrected chi connectivity index (χ2v) is 11.7. The normalized spacial score (nSPS) is 11.7. The van der Waals surface area contributed by atoms with Crippen LogP contribution >= 0.6 is 0 Å². The Morgan fingerprint density at radius 1 is 0.860 bits per heavy atom. The zero-order chi connectivity index (χ0) is 31.4. The summed E-state index contributed by atoms with van der Waals surface area (Å²) < 4.78 is 45.2. The number of unbranched alkanes of at least 4 members (excludes halogenated alkanes) is 1. The summed E-state index contributed by atoms with van der Waals surface area (Å²) >= 11 is 0. The molecular weight excluding hydrogens is 570 g/mol. The molecular formula is C32H41N3O7S. The van der Waals surface area contributed by atoms with Crippen LogP contribution in [0.3, 0.4) is 0 Å². The van der Waals surface area contributed by atoms with E-state index in [-0.39, 0.29) is 23.0 Å². The molecule has 0 saturated heterocycles. The minimum Gasteiger partial charge on any atom is -0.497 e. The summed E-state index contributed by atoms with van der Waals surface area (Å²) in [5, 5.41) is 2.93. The molecule has 0 aliphatic heterocycles. The molecule has 0 aromatic heterocycles. The molecule has 0 spiro atoms. The van der Waals surface area contributed by atoms with Crippen LogP contribution in [0.15, 0.2) is 77.7 Å². The van der Waals surface area contributed by atoms with E-state index < -0.39 is 28.5 Å². The Morgan fingerprint density at radius 3 is 2.21 bits per heavy atom. The van der Waals surface area contributed by atoms with E-state index >= 15 is 0 Å². The quantitative estimate of drug-likeness (QED) is 0.235. The van der Waals surface area contributed by atoms with Crippen LogP contribution in [0.1, 0.15) is 38.7 Å². The van der Waals surface area contributed by atoms with Gasteiger partial charge in [0.25, 0.3) is 10.0 Å². The highest BCUT2D eigenvalue weighted by molar-refractivity contribution is 7.92. The lowest BCUT2D eigenvalue weighted by Gasteiger charge is -2.33. The first kappa shape index (κ1) is 33.3. The summed E-state index contributed by atoms with van der Waals surface area (Å²) in [7, 11) is 0.262. The molecule has 2 amide bonds. The lowest BCUT2D eigenvalue weighted by molar-refractivity contribution is -0.140. The monoisotopic (exact) mass is 611 g/mol. The number of carbonyl (C=O) groups is 2. The second-order valence-electron chi connectivity index (χ2n) is 9.81. The summed E-state index contributed by atoms with van der Waals surface area (Å²) in [5.74, 6) is 0.467. The molecule has 0 aliphatic rings. The van der Waals surface area contributed by atoms with E-state index in [0.717, 1.165) is 22.7 Å². The summed E-state index contributed by atoms with van der Waals surface area (Å²) in [6, 6.07) is 18.9. The lowest BCUT2D eigenvalue weighted by atomic mass is 10.1. The van der Waals surface area contributed by atoms with Gasteiger partial charge in [-0.15, -0.1) is 0 Å². The number of rotatable bonds is 16. The molecule has 232 valence electrons. The number of hydrogen-bond acceptors (Lipinski definition) is 7. The maximum Gasteiger partial charge on any atom is 0.264 e. The fourth-order valence-electron chi connectivity index (χ4n) is 4.62. The molecule has 0 radical (unpaired) electrons. The van der Waals surface area contributed by atoms with Crippen LogP contribution in [-0.2, 0) is 26.2 Å². The zero-order valence-corrected chi connectivity index (χ0v) is 26.2. The summed E-state index contributed by atoms with van der Waals surface area (Å²) in [6.45, 7) is 3.84.